The number of aromatic nitrogens is 3. The molecule has 3 rings (SSSR count). The molecule has 0 saturated carbocycles. The third kappa shape index (κ3) is 3.92. The van der Waals surface area contributed by atoms with Crippen LogP contribution in [0.15, 0.2) is 48.7 Å². The number of halogens is 1. The second-order valence-corrected chi connectivity index (χ2v) is 4.96. The van der Waals surface area contributed by atoms with Gasteiger partial charge in [-0.15, -0.1) is 5.10 Å². The second kappa shape index (κ2) is 7.43. The van der Waals surface area contributed by atoms with Gasteiger partial charge in [0.05, 0.1) is 26.1 Å². The van der Waals surface area contributed by atoms with Crippen LogP contribution in [0.4, 0.5) is 27.5 Å². The fraction of sp³-hybridized carbons (Fsp3) is 0.118. The van der Waals surface area contributed by atoms with Crippen molar-refractivity contribution >= 4 is 23.1 Å². The molecule has 0 amide bonds. The summed E-state index contributed by atoms with van der Waals surface area (Å²) in [7, 11) is 3.12. The van der Waals surface area contributed by atoms with Crippen molar-refractivity contribution in [2.75, 3.05) is 24.9 Å². The van der Waals surface area contributed by atoms with Crippen molar-refractivity contribution in [1.29, 1.82) is 0 Å². The normalized spacial score (nSPS) is 10.2. The molecule has 2 N–H and O–H groups in total. The highest BCUT2D eigenvalue weighted by molar-refractivity contribution is 5.61. The summed E-state index contributed by atoms with van der Waals surface area (Å²) in [5.41, 5.74) is 1.00. The molecule has 0 aliphatic heterocycles. The first-order valence-electron chi connectivity index (χ1n) is 7.40. The van der Waals surface area contributed by atoms with Crippen molar-refractivity contribution in [2.45, 2.75) is 0 Å². The standard InChI is InChI=1S/C17H16FN5O2/c1-24-14-8-7-11(9-15(14)25-2)20-17-22-16(10-19-23-17)21-13-6-4-3-5-12(13)18/h3-10H,1-2H3,(H2,20,21,22,23). The average molecular weight is 341 g/mol. The molecule has 0 bridgehead atoms. The number of nitrogens with zero attached hydrogens (tertiary/aromatic N) is 3. The highest BCUT2D eigenvalue weighted by Crippen LogP contribution is 2.30. The van der Waals surface area contributed by atoms with Gasteiger partial charge in [-0.05, 0) is 24.3 Å². The van der Waals surface area contributed by atoms with E-state index in [0.717, 1.165) is 0 Å². The maximum atomic E-state index is 13.7. The lowest BCUT2D eigenvalue weighted by Gasteiger charge is -2.11. The molecule has 128 valence electrons. The zero-order valence-corrected chi connectivity index (χ0v) is 13.7. The van der Waals surface area contributed by atoms with Crippen molar-refractivity contribution in [1.82, 2.24) is 15.2 Å². The Morgan fingerprint density at radius 2 is 1.76 bits per heavy atom. The Kier molecular flexibility index (Phi) is 4.89. The summed E-state index contributed by atoms with van der Waals surface area (Å²) in [6.45, 7) is 0. The number of methoxy groups -OCH3 is 2. The van der Waals surface area contributed by atoms with Gasteiger partial charge < -0.3 is 20.1 Å². The number of anilines is 4. The summed E-state index contributed by atoms with van der Waals surface area (Å²) in [4.78, 5) is 4.27. The maximum absolute atomic E-state index is 13.7. The van der Waals surface area contributed by atoms with E-state index in [2.05, 4.69) is 25.8 Å². The number of ether oxygens (including phenoxy) is 2. The molecule has 0 atom stereocenters. The van der Waals surface area contributed by atoms with Gasteiger partial charge >= 0.3 is 0 Å². The Balaban J connectivity index is 1.79. The molecule has 8 heteroatoms. The number of benzene rings is 2. The first kappa shape index (κ1) is 16.4. The van der Waals surface area contributed by atoms with Crippen LogP contribution in [0.3, 0.4) is 0 Å². The summed E-state index contributed by atoms with van der Waals surface area (Å²) < 4.78 is 24.2. The van der Waals surface area contributed by atoms with Crippen LogP contribution in [-0.2, 0) is 0 Å². The van der Waals surface area contributed by atoms with Gasteiger partial charge in [-0.25, -0.2) is 4.39 Å². The fourth-order valence-electron chi connectivity index (χ4n) is 2.16. The zero-order valence-electron chi connectivity index (χ0n) is 13.7. The summed E-state index contributed by atoms with van der Waals surface area (Å²) in [6.07, 6.45) is 1.41. The van der Waals surface area contributed by atoms with Gasteiger partial charge in [0, 0.05) is 11.8 Å². The predicted octanol–water partition coefficient (Wildman–Crippen LogP) is 3.52. The van der Waals surface area contributed by atoms with E-state index in [1.807, 2.05) is 0 Å². The molecule has 7 nitrogen and oxygen atoms in total. The van der Waals surface area contributed by atoms with Crippen molar-refractivity contribution < 1.29 is 13.9 Å². The van der Waals surface area contributed by atoms with E-state index in [0.29, 0.717) is 28.7 Å². The molecule has 25 heavy (non-hydrogen) atoms. The molecular formula is C17H16FN5O2. The molecule has 2 aromatic carbocycles. The quantitative estimate of drug-likeness (QED) is 0.710. The molecule has 0 radical (unpaired) electrons. The molecule has 1 aromatic heterocycles. The van der Waals surface area contributed by atoms with Gasteiger partial charge in [-0.1, -0.05) is 12.1 Å². The monoisotopic (exact) mass is 341 g/mol. The van der Waals surface area contributed by atoms with Gasteiger partial charge in [0.2, 0.25) is 5.95 Å². The number of hydrogen-bond donors (Lipinski definition) is 2. The molecular weight excluding hydrogens is 325 g/mol. The van der Waals surface area contributed by atoms with Crippen LogP contribution < -0.4 is 20.1 Å². The SMILES string of the molecule is COc1ccc(Nc2nncc(Nc3ccccc3F)n2)cc1OC. The first-order chi connectivity index (χ1) is 12.2. The first-order valence-corrected chi connectivity index (χ1v) is 7.40. The highest BCUT2D eigenvalue weighted by Gasteiger charge is 2.08. The van der Waals surface area contributed by atoms with E-state index in [-0.39, 0.29) is 11.8 Å². The average Bonchev–Trinajstić information content (AvgIpc) is 2.64. The summed E-state index contributed by atoms with van der Waals surface area (Å²) in [5.74, 6) is 1.43. The lowest BCUT2D eigenvalue weighted by Crippen LogP contribution is -2.03. The molecule has 0 fully saturated rings. The van der Waals surface area contributed by atoms with Gasteiger partial charge in [0.25, 0.3) is 0 Å². The Hall–Kier alpha value is -3.42. The molecule has 0 spiro atoms. The Morgan fingerprint density at radius 1 is 0.960 bits per heavy atom. The van der Waals surface area contributed by atoms with Gasteiger partial charge in [-0.2, -0.15) is 10.1 Å². The van der Waals surface area contributed by atoms with Gasteiger partial charge in [-0.3, -0.25) is 0 Å². The van der Waals surface area contributed by atoms with Crippen LogP contribution in [0.1, 0.15) is 0 Å². The number of rotatable bonds is 6. The molecule has 1 heterocycles. The van der Waals surface area contributed by atoms with E-state index < -0.39 is 0 Å². The van der Waals surface area contributed by atoms with Crippen LogP contribution in [0.2, 0.25) is 0 Å². The third-order valence-corrected chi connectivity index (χ3v) is 3.34. The van der Waals surface area contributed by atoms with Crippen molar-refractivity contribution in [3.63, 3.8) is 0 Å². The summed E-state index contributed by atoms with van der Waals surface area (Å²) >= 11 is 0. The minimum absolute atomic E-state index is 0.258. The largest absolute Gasteiger partial charge is 0.493 e. The number of nitrogens with one attached hydrogen (secondary N) is 2. The van der Waals surface area contributed by atoms with Crippen LogP contribution >= 0.6 is 0 Å². The third-order valence-electron chi connectivity index (χ3n) is 3.34. The topological polar surface area (TPSA) is 81.2 Å². The molecule has 0 unspecified atom stereocenters. The Morgan fingerprint density at radius 3 is 2.52 bits per heavy atom. The summed E-state index contributed by atoms with van der Waals surface area (Å²) in [5, 5.41) is 13.7. The fourth-order valence-corrected chi connectivity index (χ4v) is 2.16. The molecule has 3 aromatic rings. The van der Waals surface area contributed by atoms with Crippen LogP contribution in [-0.4, -0.2) is 29.4 Å². The Bertz CT molecular complexity index is 875. The lowest BCUT2D eigenvalue weighted by molar-refractivity contribution is 0.355. The highest BCUT2D eigenvalue weighted by atomic mass is 19.1. The zero-order chi connectivity index (χ0) is 17.6. The van der Waals surface area contributed by atoms with Crippen molar-refractivity contribution in [2.24, 2.45) is 0 Å². The van der Waals surface area contributed by atoms with Crippen LogP contribution in [0, 0.1) is 5.82 Å². The molecule has 0 saturated heterocycles. The van der Waals surface area contributed by atoms with Gasteiger partial charge in [0.1, 0.15) is 5.82 Å². The van der Waals surface area contributed by atoms with E-state index in [1.165, 1.54) is 12.3 Å². The smallest absolute Gasteiger partial charge is 0.249 e. The molecule has 0 aliphatic rings. The minimum Gasteiger partial charge on any atom is -0.493 e. The van der Waals surface area contributed by atoms with Crippen LogP contribution in [0.25, 0.3) is 0 Å². The second-order valence-electron chi connectivity index (χ2n) is 4.96. The van der Waals surface area contributed by atoms with E-state index in [9.17, 15) is 4.39 Å². The van der Waals surface area contributed by atoms with Crippen molar-refractivity contribution in [3.8, 4) is 11.5 Å². The maximum Gasteiger partial charge on any atom is 0.249 e. The van der Waals surface area contributed by atoms with E-state index in [1.54, 1.807) is 50.6 Å². The van der Waals surface area contributed by atoms with Crippen molar-refractivity contribution in [3.05, 3.63) is 54.5 Å². The minimum atomic E-state index is -0.379. The van der Waals surface area contributed by atoms with Crippen LogP contribution in [0.5, 0.6) is 11.5 Å². The van der Waals surface area contributed by atoms with Gasteiger partial charge in [0.15, 0.2) is 17.3 Å². The lowest BCUT2D eigenvalue weighted by atomic mass is 10.3. The predicted molar refractivity (Wildman–Crippen MR) is 92.3 cm³/mol. The van der Waals surface area contributed by atoms with E-state index in [4.69, 9.17) is 9.47 Å². The van der Waals surface area contributed by atoms with E-state index >= 15 is 0 Å². The number of para-hydroxylation sites is 1. The Labute approximate surface area is 143 Å². The number of hydrogen-bond acceptors (Lipinski definition) is 7. The summed E-state index contributed by atoms with van der Waals surface area (Å²) in [6, 6.07) is 11.6. The molecule has 0 aliphatic carbocycles.